The zero-order chi connectivity index (χ0) is 13.8. The maximum absolute atomic E-state index is 11.7. The highest BCUT2D eigenvalue weighted by atomic mass is 16.3. The fraction of sp³-hybridized carbons (Fsp3) is 0.429. The molecule has 0 heterocycles. The van der Waals surface area contributed by atoms with Gasteiger partial charge in [-0.15, -0.1) is 0 Å². The SMILES string of the molecule is CC(CO)NC(=O)C(=O)Nc1ccc2c(c1)CCC2. The molecule has 0 bridgehead atoms. The number of carbonyl (C=O) groups excluding carboxylic acids is 2. The van der Waals surface area contributed by atoms with E-state index in [0.717, 1.165) is 19.3 Å². The van der Waals surface area contributed by atoms with E-state index < -0.39 is 17.9 Å². The van der Waals surface area contributed by atoms with E-state index in [1.165, 1.54) is 11.1 Å². The zero-order valence-electron chi connectivity index (χ0n) is 10.9. The number of rotatable bonds is 3. The molecule has 0 spiro atoms. The van der Waals surface area contributed by atoms with Gasteiger partial charge in [-0.25, -0.2) is 0 Å². The van der Waals surface area contributed by atoms with Crippen molar-refractivity contribution in [2.45, 2.75) is 32.2 Å². The summed E-state index contributed by atoms with van der Waals surface area (Å²) in [5.74, 6) is -1.44. The molecule has 1 unspecified atom stereocenters. The lowest BCUT2D eigenvalue weighted by Crippen LogP contribution is -2.42. The number of aliphatic hydroxyl groups excluding tert-OH is 1. The molecule has 5 heteroatoms. The Labute approximate surface area is 112 Å². The molecule has 0 aliphatic heterocycles. The molecule has 3 N–H and O–H groups in total. The number of benzene rings is 1. The van der Waals surface area contributed by atoms with Crippen molar-refractivity contribution in [3.63, 3.8) is 0 Å². The van der Waals surface area contributed by atoms with Crippen LogP contribution in [0.5, 0.6) is 0 Å². The normalized spacial score (nSPS) is 14.6. The lowest BCUT2D eigenvalue weighted by atomic mass is 10.1. The van der Waals surface area contributed by atoms with E-state index in [1.54, 1.807) is 6.92 Å². The highest BCUT2D eigenvalue weighted by Gasteiger charge is 2.17. The smallest absolute Gasteiger partial charge is 0.313 e. The van der Waals surface area contributed by atoms with Gasteiger partial charge in [0.05, 0.1) is 6.61 Å². The third-order valence-corrected chi connectivity index (χ3v) is 3.21. The molecule has 0 fully saturated rings. The number of aryl methyl sites for hydroxylation is 2. The predicted molar refractivity (Wildman–Crippen MR) is 71.8 cm³/mol. The molecule has 0 aromatic heterocycles. The summed E-state index contributed by atoms with van der Waals surface area (Å²) in [6, 6.07) is 5.29. The molecule has 0 saturated carbocycles. The average molecular weight is 262 g/mol. The first-order valence-corrected chi connectivity index (χ1v) is 6.44. The van der Waals surface area contributed by atoms with Crippen LogP contribution in [0.2, 0.25) is 0 Å². The van der Waals surface area contributed by atoms with E-state index in [2.05, 4.69) is 10.6 Å². The van der Waals surface area contributed by atoms with E-state index in [-0.39, 0.29) is 6.61 Å². The summed E-state index contributed by atoms with van der Waals surface area (Å²) in [5, 5.41) is 13.8. The van der Waals surface area contributed by atoms with Gasteiger partial charge in [-0.05, 0) is 49.4 Å². The number of carbonyl (C=O) groups is 2. The Morgan fingerprint density at radius 2 is 2.00 bits per heavy atom. The van der Waals surface area contributed by atoms with Crippen LogP contribution in [0.4, 0.5) is 5.69 Å². The minimum Gasteiger partial charge on any atom is -0.394 e. The summed E-state index contributed by atoms with van der Waals surface area (Å²) in [6.45, 7) is 1.43. The van der Waals surface area contributed by atoms with Crippen molar-refractivity contribution in [3.8, 4) is 0 Å². The second kappa shape index (κ2) is 5.84. The molecule has 1 aromatic carbocycles. The van der Waals surface area contributed by atoms with Crippen LogP contribution >= 0.6 is 0 Å². The highest BCUT2D eigenvalue weighted by Crippen LogP contribution is 2.24. The first-order chi connectivity index (χ1) is 9.10. The average Bonchev–Trinajstić information content (AvgIpc) is 2.85. The van der Waals surface area contributed by atoms with Crippen molar-refractivity contribution >= 4 is 17.5 Å². The van der Waals surface area contributed by atoms with E-state index in [1.807, 2.05) is 18.2 Å². The van der Waals surface area contributed by atoms with Crippen LogP contribution < -0.4 is 10.6 Å². The van der Waals surface area contributed by atoms with Crippen LogP contribution in [0.1, 0.15) is 24.5 Å². The molecule has 1 aliphatic rings. The summed E-state index contributed by atoms with van der Waals surface area (Å²) in [6.07, 6.45) is 3.24. The minimum absolute atomic E-state index is 0.197. The van der Waals surface area contributed by atoms with Gasteiger partial charge in [-0.2, -0.15) is 0 Å². The fourth-order valence-electron chi connectivity index (χ4n) is 2.17. The Kier molecular flexibility index (Phi) is 4.16. The molecule has 5 nitrogen and oxygen atoms in total. The first kappa shape index (κ1) is 13.5. The van der Waals surface area contributed by atoms with Crippen molar-refractivity contribution < 1.29 is 14.7 Å². The van der Waals surface area contributed by atoms with Crippen molar-refractivity contribution in [1.29, 1.82) is 0 Å². The number of nitrogens with one attached hydrogen (secondary N) is 2. The number of hydrogen-bond donors (Lipinski definition) is 3. The second-order valence-corrected chi connectivity index (χ2v) is 4.85. The Bertz CT molecular complexity index is 499. The lowest BCUT2D eigenvalue weighted by molar-refractivity contribution is -0.136. The van der Waals surface area contributed by atoms with Gasteiger partial charge >= 0.3 is 11.8 Å². The fourth-order valence-corrected chi connectivity index (χ4v) is 2.17. The van der Waals surface area contributed by atoms with Crippen LogP contribution in [0.25, 0.3) is 0 Å². The Hall–Kier alpha value is -1.88. The third-order valence-electron chi connectivity index (χ3n) is 3.21. The summed E-state index contributed by atoms with van der Waals surface area (Å²) in [7, 11) is 0. The molecule has 1 aromatic rings. The molecule has 102 valence electrons. The van der Waals surface area contributed by atoms with Crippen LogP contribution in [0.3, 0.4) is 0 Å². The van der Waals surface area contributed by atoms with Crippen molar-refractivity contribution in [2.75, 3.05) is 11.9 Å². The van der Waals surface area contributed by atoms with Crippen LogP contribution in [-0.4, -0.2) is 29.6 Å². The number of fused-ring (bicyclic) bond motifs is 1. The molecular weight excluding hydrogens is 244 g/mol. The first-order valence-electron chi connectivity index (χ1n) is 6.44. The van der Waals surface area contributed by atoms with Gasteiger partial charge in [0.15, 0.2) is 0 Å². The molecule has 2 rings (SSSR count). The topological polar surface area (TPSA) is 78.4 Å². The second-order valence-electron chi connectivity index (χ2n) is 4.85. The summed E-state index contributed by atoms with van der Waals surface area (Å²) in [4.78, 5) is 23.2. The molecular formula is C14H18N2O3. The molecule has 0 radical (unpaired) electrons. The lowest BCUT2D eigenvalue weighted by Gasteiger charge is -2.11. The van der Waals surface area contributed by atoms with Crippen molar-refractivity contribution in [1.82, 2.24) is 5.32 Å². The number of aliphatic hydroxyl groups is 1. The van der Waals surface area contributed by atoms with E-state index in [4.69, 9.17) is 5.11 Å². The summed E-state index contributed by atoms with van der Waals surface area (Å²) in [5.41, 5.74) is 3.19. The maximum atomic E-state index is 11.7. The standard InChI is InChI=1S/C14H18N2O3/c1-9(8-17)15-13(18)14(19)16-12-6-5-10-3-2-4-11(10)7-12/h5-7,9,17H,2-4,8H2,1H3,(H,15,18)(H,16,19). The monoisotopic (exact) mass is 262 g/mol. The molecule has 1 aliphatic carbocycles. The molecule has 19 heavy (non-hydrogen) atoms. The van der Waals surface area contributed by atoms with Gasteiger partial charge in [0.2, 0.25) is 0 Å². The molecule has 1 atom stereocenters. The van der Waals surface area contributed by atoms with Crippen LogP contribution in [0.15, 0.2) is 18.2 Å². The maximum Gasteiger partial charge on any atom is 0.313 e. The van der Waals surface area contributed by atoms with Gasteiger partial charge in [0, 0.05) is 11.7 Å². The third kappa shape index (κ3) is 3.32. The Morgan fingerprint density at radius 1 is 1.26 bits per heavy atom. The Morgan fingerprint density at radius 3 is 2.74 bits per heavy atom. The van der Waals surface area contributed by atoms with Gasteiger partial charge in [-0.3, -0.25) is 9.59 Å². The molecule has 2 amide bonds. The number of anilines is 1. The summed E-state index contributed by atoms with van der Waals surface area (Å²) >= 11 is 0. The van der Waals surface area contributed by atoms with Crippen LogP contribution in [-0.2, 0) is 22.4 Å². The number of amides is 2. The van der Waals surface area contributed by atoms with E-state index in [0.29, 0.717) is 5.69 Å². The number of hydrogen-bond acceptors (Lipinski definition) is 3. The van der Waals surface area contributed by atoms with Crippen LogP contribution in [0, 0.1) is 0 Å². The minimum atomic E-state index is -0.734. The van der Waals surface area contributed by atoms with Gasteiger partial charge < -0.3 is 15.7 Å². The van der Waals surface area contributed by atoms with Crippen molar-refractivity contribution in [3.05, 3.63) is 29.3 Å². The zero-order valence-corrected chi connectivity index (χ0v) is 10.9. The largest absolute Gasteiger partial charge is 0.394 e. The van der Waals surface area contributed by atoms with Gasteiger partial charge in [0.1, 0.15) is 0 Å². The van der Waals surface area contributed by atoms with E-state index in [9.17, 15) is 9.59 Å². The summed E-state index contributed by atoms with van der Waals surface area (Å²) < 4.78 is 0. The van der Waals surface area contributed by atoms with Gasteiger partial charge in [-0.1, -0.05) is 6.07 Å². The van der Waals surface area contributed by atoms with Gasteiger partial charge in [0.25, 0.3) is 0 Å². The Balaban J connectivity index is 1.97. The van der Waals surface area contributed by atoms with Crippen molar-refractivity contribution in [2.24, 2.45) is 0 Å². The predicted octanol–water partition coefficient (Wildman–Crippen LogP) is 0.611. The quantitative estimate of drug-likeness (QED) is 0.698. The van der Waals surface area contributed by atoms with E-state index >= 15 is 0 Å². The highest BCUT2D eigenvalue weighted by molar-refractivity contribution is 6.39. The molecule has 0 saturated heterocycles.